The molecule has 4 heteroatoms. The van der Waals surface area contributed by atoms with E-state index >= 15 is 0 Å². The summed E-state index contributed by atoms with van der Waals surface area (Å²) in [5.74, 6) is 1.66. The van der Waals surface area contributed by atoms with Gasteiger partial charge in [-0.1, -0.05) is 18.2 Å². The smallest absolute Gasteiger partial charge is 0.173 e. The average molecular weight is 298 g/mol. The lowest BCUT2D eigenvalue weighted by molar-refractivity contribution is 0.483. The number of nitrogens with zero attached hydrogens (tertiary/aromatic N) is 1. The topological polar surface area (TPSA) is 24.5 Å². The van der Waals surface area contributed by atoms with Crippen LogP contribution in [0.4, 0.5) is 5.69 Å². The maximum absolute atomic E-state index is 5.77. The van der Waals surface area contributed by atoms with Crippen molar-refractivity contribution in [2.24, 2.45) is 0 Å². The number of anilines is 1. The first-order chi connectivity index (χ1) is 10.3. The van der Waals surface area contributed by atoms with Crippen molar-refractivity contribution in [3.05, 3.63) is 54.6 Å². The molecule has 0 amide bonds. The van der Waals surface area contributed by atoms with Gasteiger partial charge in [0.15, 0.2) is 5.11 Å². The number of para-hydroxylation sites is 1. The fourth-order valence-corrected chi connectivity index (χ4v) is 2.65. The molecular weight excluding hydrogens is 280 g/mol. The number of thiocarbonyl (C=S) groups is 1. The van der Waals surface area contributed by atoms with Gasteiger partial charge in [0, 0.05) is 18.8 Å². The minimum absolute atomic E-state index is 0.809. The summed E-state index contributed by atoms with van der Waals surface area (Å²) >= 11 is 5.42. The molecule has 0 aliphatic carbocycles. The van der Waals surface area contributed by atoms with Crippen molar-refractivity contribution < 1.29 is 4.74 Å². The molecule has 0 aromatic heterocycles. The molecule has 3 rings (SSSR count). The largest absolute Gasteiger partial charge is 0.457 e. The second kappa shape index (κ2) is 6.59. The van der Waals surface area contributed by atoms with Gasteiger partial charge in [0.1, 0.15) is 11.5 Å². The van der Waals surface area contributed by atoms with E-state index in [-0.39, 0.29) is 0 Å². The molecule has 1 saturated heterocycles. The van der Waals surface area contributed by atoms with Crippen LogP contribution in [0.5, 0.6) is 11.5 Å². The van der Waals surface area contributed by atoms with Crippen LogP contribution >= 0.6 is 12.2 Å². The molecule has 0 bridgehead atoms. The molecule has 21 heavy (non-hydrogen) atoms. The summed E-state index contributed by atoms with van der Waals surface area (Å²) in [5, 5.41) is 4.09. The minimum atomic E-state index is 0.809. The van der Waals surface area contributed by atoms with Gasteiger partial charge in [0.25, 0.3) is 0 Å². The van der Waals surface area contributed by atoms with E-state index in [0.29, 0.717) is 0 Å². The van der Waals surface area contributed by atoms with Gasteiger partial charge in [-0.25, -0.2) is 0 Å². The summed E-state index contributed by atoms with van der Waals surface area (Å²) in [6.45, 7) is 2.11. The van der Waals surface area contributed by atoms with Crippen LogP contribution < -0.4 is 10.1 Å². The number of rotatable bonds is 3. The van der Waals surface area contributed by atoms with Gasteiger partial charge in [0.2, 0.25) is 0 Å². The zero-order chi connectivity index (χ0) is 14.5. The Morgan fingerprint density at radius 2 is 1.52 bits per heavy atom. The van der Waals surface area contributed by atoms with Crippen LogP contribution in [0, 0.1) is 0 Å². The Kier molecular flexibility index (Phi) is 4.36. The fraction of sp³-hybridized carbons (Fsp3) is 0.235. The van der Waals surface area contributed by atoms with E-state index in [4.69, 9.17) is 17.0 Å². The Hall–Kier alpha value is -2.07. The Morgan fingerprint density at radius 1 is 0.905 bits per heavy atom. The lowest BCUT2D eigenvalue weighted by Crippen LogP contribution is -2.31. The first-order valence-electron chi connectivity index (χ1n) is 7.20. The highest BCUT2D eigenvalue weighted by molar-refractivity contribution is 7.80. The molecule has 0 saturated carbocycles. The van der Waals surface area contributed by atoms with Crippen LogP contribution in [0.15, 0.2) is 54.6 Å². The summed E-state index contributed by atoms with van der Waals surface area (Å²) < 4.78 is 5.77. The van der Waals surface area contributed by atoms with Gasteiger partial charge in [-0.15, -0.1) is 0 Å². The third-order valence-corrected chi connectivity index (χ3v) is 3.84. The van der Waals surface area contributed by atoms with Crippen molar-refractivity contribution in [1.82, 2.24) is 4.90 Å². The Labute approximate surface area is 130 Å². The van der Waals surface area contributed by atoms with Gasteiger partial charge in [-0.3, -0.25) is 0 Å². The molecule has 3 nitrogen and oxygen atoms in total. The molecule has 1 aliphatic rings. The van der Waals surface area contributed by atoms with Crippen molar-refractivity contribution in [2.45, 2.75) is 12.8 Å². The van der Waals surface area contributed by atoms with Gasteiger partial charge >= 0.3 is 0 Å². The predicted octanol–water partition coefficient (Wildman–Crippen LogP) is 4.27. The van der Waals surface area contributed by atoms with Crippen LogP contribution in [0.1, 0.15) is 12.8 Å². The number of hydrogen-bond acceptors (Lipinski definition) is 2. The number of ether oxygens (including phenoxy) is 1. The first-order valence-corrected chi connectivity index (χ1v) is 7.61. The second-order valence-corrected chi connectivity index (χ2v) is 5.45. The van der Waals surface area contributed by atoms with E-state index in [2.05, 4.69) is 10.2 Å². The molecule has 1 N–H and O–H groups in total. The molecule has 108 valence electrons. The number of nitrogens with one attached hydrogen (secondary N) is 1. The van der Waals surface area contributed by atoms with Crippen molar-refractivity contribution in [2.75, 3.05) is 18.4 Å². The molecule has 0 unspecified atom stereocenters. The second-order valence-electron chi connectivity index (χ2n) is 5.06. The fourth-order valence-electron chi connectivity index (χ4n) is 2.35. The molecule has 1 fully saturated rings. The van der Waals surface area contributed by atoms with Crippen LogP contribution in [-0.2, 0) is 0 Å². The van der Waals surface area contributed by atoms with Crippen molar-refractivity contribution >= 4 is 23.0 Å². The van der Waals surface area contributed by atoms with Crippen molar-refractivity contribution in [3.63, 3.8) is 0 Å². The highest BCUT2D eigenvalue weighted by Gasteiger charge is 2.14. The van der Waals surface area contributed by atoms with E-state index < -0.39 is 0 Å². The van der Waals surface area contributed by atoms with Crippen LogP contribution in [0.2, 0.25) is 0 Å². The van der Waals surface area contributed by atoms with E-state index in [9.17, 15) is 0 Å². The summed E-state index contributed by atoms with van der Waals surface area (Å²) in [6.07, 6.45) is 2.46. The monoisotopic (exact) mass is 298 g/mol. The third-order valence-electron chi connectivity index (χ3n) is 3.48. The zero-order valence-corrected chi connectivity index (χ0v) is 12.6. The molecule has 0 radical (unpaired) electrons. The summed E-state index contributed by atoms with van der Waals surface area (Å²) in [7, 11) is 0. The van der Waals surface area contributed by atoms with E-state index in [1.807, 2.05) is 54.6 Å². The lowest BCUT2D eigenvalue weighted by Gasteiger charge is -2.19. The van der Waals surface area contributed by atoms with E-state index in [1.54, 1.807) is 0 Å². The molecule has 2 aromatic carbocycles. The Balaban J connectivity index is 1.60. The van der Waals surface area contributed by atoms with Crippen molar-refractivity contribution in [3.8, 4) is 11.5 Å². The zero-order valence-electron chi connectivity index (χ0n) is 11.8. The molecule has 0 spiro atoms. The van der Waals surface area contributed by atoms with Gasteiger partial charge in [-0.05, 0) is 61.5 Å². The van der Waals surface area contributed by atoms with Crippen LogP contribution in [0.25, 0.3) is 0 Å². The van der Waals surface area contributed by atoms with Gasteiger partial charge in [0.05, 0.1) is 0 Å². The molecular formula is C17H18N2OS. The molecule has 1 aliphatic heterocycles. The standard InChI is InChI=1S/C17H18N2OS/c21-17(19-12-4-5-13-19)18-14-8-10-16(11-9-14)20-15-6-2-1-3-7-15/h1-3,6-11H,4-5,12-13H2,(H,18,21). The van der Waals surface area contributed by atoms with Crippen molar-refractivity contribution in [1.29, 1.82) is 0 Å². The molecule has 2 aromatic rings. The quantitative estimate of drug-likeness (QED) is 0.855. The molecule has 0 atom stereocenters. The molecule has 1 heterocycles. The predicted molar refractivity (Wildman–Crippen MR) is 90.0 cm³/mol. The van der Waals surface area contributed by atoms with Gasteiger partial charge < -0.3 is 15.0 Å². The number of benzene rings is 2. The maximum atomic E-state index is 5.77. The normalized spacial score (nSPS) is 14.0. The highest BCUT2D eigenvalue weighted by atomic mass is 32.1. The van der Waals surface area contributed by atoms with E-state index in [0.717, 1.165) is 35.4 Å². The van der Waals surface area contributed by atoms with Crippen LogP contribution in [-0.4, -0.2) is 23.1 Å². The Bertz CT molecular complexity index is 592. The number of hydrogen-bond donors (Lipinski definition) is 1. The number of likely N-dealkylation sites (tertiary alicyclic amines) is 1. The summed E-state index contributed by atoms with van der Waals surface area (Å²) in [5.41, 5.74) is 0.993. The first kappa shape index (κ1) is 13.9. The maximum Gasteiger partial charge on any atom is 0.173 e. The van der Waals surface area contributed by atoms with Gasteiger partial charge in [-0.2, -0.15) is 0 Å². The highest BCUT2D eigenvalue weighted by Crippen LogP contribution is 2.23. The third kappa shape index (κ3) is 3.73. The minimum Gasteiger partial charge on any atom is -0.457 e. The lowest BCUT2D eigenvalue weighted by atomic mass is 10.3. The average Bonchev–Trinajstić information content (AvgIpc) is 3.05. The summed E-state index contributed by atoms with van der Waals surface area (Å²) in [4.78, 5) is 2.21. The van der Waals surface area contributed by atoms with Crippen LogP contribution in [0.3, 0.4) is 0 Å². The Morgan fingerprint density at radius 3 is 2.19 bits per heavy atom. The summed E-state index contributed by atoms with van der Waals surface area (Å²) in [6, 6.07) is 17.6. The SMILES string of the molecule is S=C(Nc1ccc(Oc2ccccc2)cc1)N1CCCC1. The van der Waals surface area contributed by atoms with E-state index in [1.165, 1.54) is 12.8 Å².